The van der Waals surface area contributed by atoms with Crippen molar-refractivity contribution in [2.45, 2.75) is 69.7 Å². The molecule has 1 aliphatic carbocycles. The van der Waals surface area contributed by atoms with Gasteiger partial charge >= 0.3 is 0 Å². The van der Waals surface area contributed by atoms with Gasteiger partial charge in [0.25, 0.3) is 0 Å². The molecule has 6 nitrogen and oxygen atoms in total. The number of nitrogen functional groups attached to an aromatic ring is 1. The molecule has 6 heteroatoms. The smallest absolute Gasteiger partial charge is 0.123 e. The summed E-state index contributed by atoms with van der Waals surface area (Å²) in [6.07, 6.45) is 12.8. The molecule has 1 unspecified atom stereocenters. The Morgan fingerprint density at radius 2 is 1.71 bits per heavy atom. The maximum absolute atomic E-state index is 6.56. The van der Waals surface area contributed by atoms with Crippen LogP contribution in [0.15, 0.2) is 36.7 Å². The average Bonchev–Trinajstić information content (AvgIpc) is 2.81. The summed E-state index contributed by atoms with van der Waals surface area (Å²) in [5.41, 5.74) is 9.85. The van der Waals surface area contributed by atoms with Crippen LogP contribution in [0.4, 0.5) is 5.82 Å². The van der Waals surface area contributed by atoms with E-state index in [0.29, 0.717) is 24.1 Å². The molecule has 0 bridgehead atoms. The minimum Gasteiger partial charge on any atom is -0.384 e. The molecule has 2 saturated heterocycles. The summed E-state index contributed by atoms with van der Waals surface area (Å²) in [5, 5.41) is 0. The first kappa shape index (κ1) is 20.9. The highest BCUT2D eigenvalue weighted by Crippen LogP contribution is 2.35. The third-order valence-electron chi connectivity index (χ3n) is 7.26. The van der Waals surface area contributed by atoms with E-state index < -0.39 is 0 Å². The molecule has 0 spiro atoms. The SMILES string of the molecule is Nc1cc(CN2CCC(OC3CCN(C4CCCc5ncccc54)CC3)CC2)ccn1. The van der Waals surface area contributed by atoms with E-state index in [9.17, 15) is 0 Å². The maximum Gasteiger partial charge on any atom is 0.123 e. The van der Waals surface area contributed by atoms with Gasteiger partial charge in [-0.25, -0.2) is 4.98 Å². The molecule has 166 valence electrons. The van der Waals surface area contributed by atoms with E-state index in [0.717, 1.165) is 64.8 Å². The lowest BCUT2D eigenvalue weighted by atomic mass is 9.89. The molecule has 1 atom stereocenters. The predicted molar refractivity (Wildman–Crippen MR) is 123 cm³/mol. The fourth-order valence-corrected chi connectivity index (χ4v) is 5.61. The second-order valence-corrected chi connectivity index (χ2v) is 9.38. The zero-order valence-electron chi connectivity index (χ0n) is 18.5. The van der Waals surface area contributed by atoms with Gasteiger partial charge < -0.3 is 10.5 Å². The van der Waals surface area contributed by atoms with Gasteiger partial charge in [-0.2, -0.15) is 0 Å². The van der Waals surface area contributed by atoms with Crippen LogP contribution in [0, 0.1) is 0 Å². The molecule has 2 aromatic rings. The van der Waals surface area contributed by atoms with Crippen LogP contribution in [0.5, 0.6) is 0 Å². The molecule has 2 N–H and O–H groups in total. The van der Waals surface area contributed by atoms with Gasteiger partial charge in [0.15, 0.2) is 0 Å². The van der Waals surface area contributed by atoms with E-state index in [1.807, 2.05) is 12.3 Å². The molecular weight excluding hydrogens is 386 g/mol. The lowest BCUT2D eigenvalue weighted by Crippen LogP contribution is -2.43. The zero-order valence-corrected chi connectivity index (χ0v) is 18.5. The number of likely N-dealkylation sites (tertiary alicyclic amines) is 2. The standard InChI is InChI=1S/C25H35N5O/c26-25-17-19(6-12-28-25)18-29-13-7-20(8-14-29)31-21-9-15-30(16-10-21)24-5-1-4-23-22(24)3-2-11-27-23/h2-3,6,11-12,17,20-21,24H,1,4-5,7-10,13-16,18H2,(H2,26,28). The minimum atomic E-state index is 0.412. The van der Waals surface area contributed by atoms with Crippen molar-refractivity contribution < 1.29 is 4.74 Å². The highest BCUT2D eigenvalue weighted by Gasteiger charge is 2.31. The van der Waals surface area contributed by atoms with Crippen molar-refractivity contribution in [2.75, 3.05) is 31.9 Å². The van der Waals surface area contributed by atoms with Crippen molar-refractivity contribution in [3.63, 3.8) is 0 Å². The van der Waals surface area contributed by atoms with Crippen molar-refractivity contribution >= 4 is 5.82 Å². The van der Waals surface area contributed by atoms with E-state index >= 15 is 0 Å². The topological polar surface area (TPSA) is 67.5 Å². The second-order valence-electron chi connectivity index (χ2n) is 9.38. The number of ether oxygens (including phenoxy) is 1. The van der Waals surface area contributed by atoms with Gasteiger partial charge in [-0.1, -0.05) is 6.07 Å². The lowest BCUT2D eigenvalue weighted by Gasteiger charge is -2.41. The van der Waals surface area contributed by atoms with Crippen molar-refractivity contribution in [1.29, 1.82) is 0 Å². The summed E-state index contributed by atoms with van der Waals surface area (Å²) in [4.78, 5) is 13.9. The van der Waals surface area contributed by atoms with Crippen LogP contribution < -0.4 is 5.73 Å². The number of fused-ring (bicyclic) bond motifs is 1. The molecule has 0 amide bonds. The largest absolute Gasteiger partial charge is 0.384 e. The number of hydrogen-bond acceptors (Lipinski definition) is 6. The first-order valence-electron chi connectivity index (χ1n) is 12.0. The molecule has 31 heavy (non-hydrogen) atoms. The van der Waals surface area contributed by atoms with Crippen LogP contribution in [-0.2, 0) is 17.7 Å². The molecule has 5 rings (SSSR count). The molecule has 2 aliphatic heterocycles. The van der Waals surface area contributed by atoms with Crippen LogP contribution in [-0.4, -0.2) is 58.2 Å². The Morgan fingerprint density at radius 1 is 0.935 bits per heavy atom. The summed E-state index contributed by atoms with van der Waals surface area (Å²) in [7, 11) is 0. The van der Waals surface area contributed by atoms with Gasteiger partial charge in [0.2, 0.25) is 0 Å². The summed E-state index contributed by atoms with van der Waals surface area (Å²) >= 11 is 0. The van der Waals surface area contributed by atoms with Crippen LogP contribution in [0.1, 0.15) is 61.4 Å². The summed E-state index contributed by atoms with van der Waals surface area (Å²) in [6, 6.07) is 9.00. The van der Waals surface area contributed by atoms with Crippen LogP contribution in [0.2, 0.25) is 0 Å². The highest BCUT2D eigenvalue weighted by molar-refractivity contribution is 5.31. The number of hydrogen-bond donors (Lipinski definition) is 1. The summed E-state index contributed by atoms with van der Waals surface area (Å²) in [5.74, 6) is 0.607. The molecule has 0 aromatic carbocycles. The van der Waals surface area contributed by atoms with Gasteiger partial charge in [-0.15, -0.1) is 0 Å². The number of aromatic nitrogens is 2. The van der Waals surface area contributed by atoms with Gasteiger partial charge in [-0.3, -0.25) is 14.8 Å². The van der Waals surface area contributed by atoms with E-state index in [1.165, 1.54) is 29.7 Å². The number of anilines is 1. The monoisotopic (exact) mass is 421 g/mol. The van der Waals surface area contributed by atoms with Crippen molar-refractivity contribution in [2.24, 2.45) is 0 Å². The average molecular weight is 422 g/mol. The summed E-state index contributed by atoms with van der Waals surface area (Å²) < 4.78 is 6.56. The normalized spacial score (nSPS) is 24.2. The molecule has 4 heterocycles. The molecule has 0 saturated carbocycles. The van der Waals surface area contributed by atoms with Gasteiger partial charge in [-0.05, 0) is 74.3 Å². The fraction of sp³-hybridized carbons (Fsp3) is 0.600. The van der Waals surface area contributed by atoms with Gasteiger partial charge in [0.1, 0.15) is 5.82 Å². The van der Waals surface area contributed by atoms with Crippen molar-refractivity contribution in [1.82, 2.24) is 19.8 Å². The zero-order chi connectivity index (χ0) is 21.0. The lowest BCUT2D eigenvalue weighted by molar-refractivity contribution is -0.0702. The fourth-order valence-electron chi connectivity index (χ4n) is 5.61. The Balaban J connectivity index is 1.07. The number of pyridine rings is 2. The number of piperidine rings is 2. The molecular formula is C25H35N5O. The number of nitrogens with zero attached hydrogens (tertiary/aromatic N) is 4. The van der Waals surface area contributed by atoms with E-state index in [4.69, 9.17) is 10.5 Å². The van der Waals surface area contributed by atoms with Gasteiger partial charge in [0.05, 0.1) is 12.2 Å². The third-order valence-corrected chi connectivity index (χ3v) is 7.26. The molecule has 2 aromatic heterocycles. The highest BCUT2D eigenvalue weighted by atomic mass is 16.5. The predicted octanol–water partition coefficient (Wildman–Crippen LogP) is 3.58. The second kappa shape index (κ2) is 9.63. The Labute approximate surface area is 185 Å². The molecule has 2 fully saturated rings. The van der Waals surface area contributed by atoms with E-state index in [-0.39, 0.29) is 0 Å². The number of aryl methyl sites for hydroxylation is 1. The van der Waals surface area contributed by atoms with Crippen LogP contribution in [0.25, 0.3) is 0 Å². The van der Waals surface area contributed by atoms with Crippen molar-refractivity contribution in [3.8, 4) is 0 Å². The molecule has 0 radical (unpaired) electrons. The third kappa shape index (κ3) is 5.08. The number of rotatable bonds is 5. The first-order valence-corrected chi connectivity index (χ1v) is 12.0. The number of nitrogens with two attached hydrogens (primary N) is 1. The van der Waals surface area contributed by atoms with Crippen LogP contribution in [0.3, 0.4) is 0 Å². The summed E-state index contributed by atoms with van der Waals surface area (Å²) in [6.45, 7) is 5.43. The van der Waals surface area contributed by atoms with Crippen LogP contribution >= 0.6 is 0 Å². The van der Waals surface area contributed by atoms with E-state index in [2.05, 4.69) is 38.0 Å². The minimum absolute atomic E-state index is 0.412. The maximum atomic E-state index is 6.56. The van der Waals surface area contributed by atoms with Gasteiger partial charge in [0, 0.05) is 56.9 Å². The first-order chi connectivity index (χ1) is 15.2. The molecule has 3 aliphatic rings. The Bertz CT molecular complexity index is 858. The van der Waals surface area contributed by atoms with Crippen molar-refractivity contribution in [3.05, 3.63) is 53.5 Å². The van der Waals surface area contributed by atoms with E-state index in [1.54, 1.807) is 6.20 Å². The Kier molecular flexibility index (Phi) is 6.48. The Hall–Kier alpha value is -2.02. The Morgan fingerprint density at radius 3 is 2.48 bits per heavy atom. The quantitative estimate of drug-likeness (QED) is 0.796.